The second-order valence-electron chi connectivity index (χ2n) is 5.93. The largest absolute Gasteiger partial charge is 0.370 e. The molecule has 0 atom stereocenters. The first-order valence-corrected chi connectivity index (χ1v) is 8.79. The first kappa shape index (κ1) is 18.1. The lowest BCUT2D eigenvalue weighted by Gasteiger charge is -2.11. The summed E-state index contributed by atoms with van der Waals surface area (Å²) in [5.74, 6) is 1.95. The molecule has 0 aliphatic heterocycles. The van der Waals surface area contributed by atoms with E-state index in [-0.39, 0.29) is 5.82 Å². The molecule has 3 rings (SSSR count). The molecule has 0 unspecified atom stereocenters. The maximum atomic E-state index is 12.9. The minimum absolute atomic E-state index is 0.220. The Hall–Kier alpha value is -2.66. The highest BCUT2D eigenvalue weighted by Crippen LogP contribution is 2.17. The van der Waals surface area contributed by atoms with Gasteiger partial charge in [-0.2, -0.15) is 0 Å². The Balaban J connectivity index is 1.58. The van der Waals surface area contributed by atoms with Gasteiger partial charge in [0.1, 0.15) is 23.3 Å². The molecule has 0 aliphatic carbocycles. The van der Waals surface area contributed by atoms with E-state index in [4.69, 9.17) is 11.6 Å². The monoisotopic (exact) mass is 370 g/mol. The fourth-order valence-electron chi connectivity index (χ4n) is 2.56. The van der Waals surface area contributed by atoms with Crippen LogP contribution in [0.25, 0.3) is 0 Å². The normalized spacial score (nSPS) is 10.6. The average molecular weight is 371 g/mol. The average Bonchev–Trinajstić information content (AvgIpc) is 2.62. The van der Waals surface area contributed by atoms with E-state index in [2.05, 4.69) is 20.6 Å². The Labute approximate surface area is 157 Å². The van der Waals surface area contributed by atoms with Gasteiger partial charge in [0.05, 0.1) is 0 Å². The highest BCUT2D eigenvalue weighted by atomic mass is 35.5. The minimum atomic E-state index is -0.220. The van der Waals surface area contributed by atoms with E-state index in [1.54, 1.807) is 12.1 Å². The van der Waals surface area contributed by atoms with Gasteiger partial charge in [-0.15, -0.1) is 0 Å². The number of rotatable bonds is 7. The number of anilines is 2. The van der Waals surface area contributed by atoms with E-state index in [0.717, 1.165) is 34.2 Å². The molecular formula is C20H20ClFN4. The van der Waals surface area contributed by atoms with E-state index in [1.807, 2.05) is 37.3 Å². The van der Waals surface area contributed by atoms with Crippen LogP contribution >= 0.6 is 11.6 Å². The van der Waals surface area contributed by atoms with Crippen molar-refractivity contribution in [3.05, 3.63) is 82.4 Å². The molecule has 0 aliphatic rings. The van der Waals surface area contributed by atoms with Crippen LogP contribution in [0.1, 0.15) is 17.0 Å². The molecule has 1 heterocycles. The standard InChI is InChI=1S/C20H20ClFN4/c1-14-25-19(23-11-10-15-6-8-17(22)9-7-15)12-20(26-14)24-13-16-4-2-3-5-18(16)21/h2-9,12H,10-11,13H2,1H3,(H2,23,24,25,26). The number of hydrogen-bond acceptors (Lipinski definition) is 4. The smallest absolute Gasteiger partial charge is 0.132 e. The zero-order chi connectivity index (χ0) is 18.4. The van der Waals surface area contributed by atoms with Gasteiger partial charge in [-0.1, -0.05) is 41.9 Å². The molecule has 0 bridgehead atoms. The van der Waals surface area contributed by atoms with E-state index >= 15 is 0 Å². The van der Waals surface area contributed by atoms with Crippen molar-refractivity contribution >= 4 is 23.2 Å². The molecule has 0 radical (unpaired) electrons. The number of halogens is 2. The predicted octanol–water partition coefficient (Wildman–Crippen LogP) is 4.84. The number of aryl methyl sites for hydroxylation is 1. The van der Waals surface area contributed by atoms with Gasteiger partial charge in [0.2, 0.25) is 0 Å². The van der Waals surface area contributed by atoms with E-state index < -0.39 is 0 Å². The van der Waals surface area contributed by atoms with Crippen LogP contribution in [-0.4, -0.2) is 16.5 Å². The lowest BCUT2D eigenvalue weighted by atomic mass is 10.1. The minimum Gasteiger partial charge on any atom is -0.370 e. The molecule has 2 N–H and O–H groups in total. The maximum Gasteiger partial charge on any atom is 0.132 e. The van der Waals surface area contributed by atoms with Gasteiger partial charge in [0.15, 0.2) is 0 Å². The number of nitrogens with one attached hydrogen (secondary N) is 2. The maximum absolute atomic E-state index is 12.9. The Morgan fingerprint density at radius 1 is 0.962 bits per heavy atom. The highest BCUT2D eigenvalue weighted by molar-refractivity contribution is 6.31. The molecule has 1 aromatic heterocycles. The van der Waals surface area contributed by atoms with Gasteiger partial charge < -0.3 is 10.6 Å². The van der Waals surface area contributed by atoms with Crippen LogP contribution in [0.4, 0.5) is 16.0 Å². The highest BCUT2D eigenvalue weighted by Gasteiger charge is 2.04. The zero-order valence-electron chi connectivity index (χ0n) is 14.5. The van der Waals surface area contributed by atoms with Gasteiger partial charge in [0, 0.05) is 24.2 Å². The van der Waals surface area contributed by atoms with Crippen molar-refractivity contribution in [1.29, 1.82) is 0 Å². The lowest BCUT2D eigenvalue weighted by molar-refractivity contribution is 0.627. The molecule has 0 amide bonds. The quantitative estimate of drug-likeness (QED) is 0.624. The van der Waals surface area contributed by atoms with Crippen molar-refractivity contribution in [2.75, 3.05) is 17.2 Å². The van der Waals surface area contributed by atoms with Crippen LogP contribution < -0.4 is 10.6 Å². The number of aromatic nitrogens is 2. The van der Waals surface area contributed by atoms with E-state index in [0.29, 0.717) is 18.9 Å². The summed E-state index contributed by atoms with van der Waals surface area (Å²) in [4.78, 5) is 8.81. The Bertz CT molecular complexity index is 868. The van der Waals surface area contributed by atoms with Crippen molar-refractivity contribution in [3.8, 4) is 0 Å². The molecule has 0 saturated carbocycles. The van der Waals surface area contributed by atoms with Crippen LogP contribution in [0.5, 0.6) is 0 Å². The molecule has 3 aromatic rings. The summed E-state index contributed by atoms with van der Waals surface area (Å²) < 4.78 is 12.9. The van der Waals surface area contributed by atoms with E-state index in [9.17, 15) is 4.39 Å². The first-order chi connectivity index (χ1) is 12.6. The summed E-state index contributed by atoms with van der Waals surface area (Å²) in [5.41, 5.74) is 2.08. The van der Waals surface area contributed by atoms with E-state index in [1.165, 1.54) is 12.1 Å². The van der Waals surface area contributed by atoms with Gasteiger partial charge >= 0.3 is 0 Å². The predicted molar refractivity (Wildman–Crippen MR) is 104 cm³/mol. The zero-order valence-corrected chi connectivity index (χ0v) is 15.2. The fraction of sp³-hybridized carbons (Fsp3) is 0.200. The summed E-state index contributed by atoms with van der Waals surface area (Å²) in [6.07, 6.45) is 0.783. The summed E-state index contributed by atoms with van der Waals surface area (Å²) in [5, 5.41) is 7.29. The molecule has 2 aromatic carbocycles. The summed E-state index contributed by atoms with van der Waals surface area (Å²) in [6, 6.07) is 16.1. The SMILES string of the molecule is Cc1nc(NCCc2ccc(F)cc2)cc(NCc2ccccc2Cl)n1. The Kier molecular flexibility index (Phi) is 6.02. The van der Waals surface area contributed by atoms with Crippen molar-refractivity contribution in [2.45, 2.75) is 19.9 Å². The molecule has 26 heavy (non-hydrogen) atoms. The van der Waals surface area contributed by atoms with Crippen molar-refractivity contribution in [2.24, 2.45) is 0 Å². The van der Waals surface area contributed by atoms with Crippen LogP contribution in [0, 0.1) is 12.7 Å². The summed E-state index contributed by atoms with van der Waals surface area (Å²) in [6.45, 7) is 3.14. The summed E-state index contributed by atoms with van der Waals surface area (Å²) >= 11 is 6.18. The first-order valence-electron chi connectivity index (χ1n) is 8.41. The van der Waals surface area contributed by atoms with Gasteiger partial charge in [0.25, 0.3) is 0 Å². The third kappa shape index (κ3) is 5.17. The molecule has 0 fully saturated rings. The third-order valence-corrected chi connectivity index (χ3v) is 4.26. The second kappa shape index (κ2) is 8.63. The molecule has 134 valence electrons. The molecular weight excluding hydrogens is 351 g/mol. The van der Waals surface area contributed by atoms with Crippen LogP contribution in [0.3, 0.4) is 0 Å². The van der Waals surface area contributed by atoms with Gasteiger partial charge in [-0.3, -0.25) is 0 Å². The van der Waals surface area contributed by atoms with Crippen molar-refractivity contribution < 1.29 is 4.39 Å². The third-order valence-electron chi connectivity index (χ3n) is 3.89. The van der Waals surface area contributed by atoms with Gasteiger partial charge in [-0.25, -0.2) is 14.4 Å². The second-order valence-corrected chi connectivity index (χ2v) is 6.34. The van der Waals surface area contributed by atoms with Gasteiger partial charge in [-0.05, 0) is 42.7 Å². The number of hydrogen-bond donors (Lipinski definition) is 2. The molecule has 4 nitrogen and oxygen atoms in total. The number of benzene rings is 2. The fourth-order valence-corrected chi connectivity index (χ4v) is 2.76. The molecule has 0 saturated heterocycles. The van der Waals surface area contributed by atoms with Crippen LogP contribution in [-0.2, 0) is 13.0 Å². The number of nitrogens with zero attached hydrogens (tertiary/aromatic N) is 2. The van der Waals surface area contributed by atoms with Crippen molar-refractivity contribution in [1.82, 2.24) is 9.97 Å². The van der Waals surface area contributed by atoms with Crippen LogP contribution in [0.15, 0.2) is 54.6 Å². The molecule has 0 spiro atoms. The van der Waals surface area contributed by atoms with Crippen LogP contribution in [0.2, 0.25) is 5.02 Å². The summed E-state index contributed by atoms with van der Waals surface area (Å²) in [7, 11) is 0. The molecule has 6 heteroatoms. The topological polar surface area (TPSA) is 49.8 Å². The lowest BCUT2D eigenvalue weighted by Crippen LogP contribution is -2.09. The Morgan fingerprint density at radius 2 is 1.65 bits per heavy atom. The Morgan fingerprint density at radius 3 is 2.38 bits per heavy atom. The van der Waals surface area contributed by atoms with Crippen molar-refractivity contribution in [3.63, 3.8) is 0 Å².